The van der Waals surface area contributed by atoms with Crippen LogP contribution in [-0.2, 0) is 21.2 Å². The number of urea groups is 1. The van der Waals surface area contributed by atoms with E-state index in [1.165, 1.54) is 4.90 Å². The fourth-order valence-corrected chi connectivity index (χ4v) is 5.36. The average Bonchev–Trinajstić information content (AvgIpc) is 3.60. The van der Waals surface area contributed by atoms with Crippen LogP contribution in [0.25, 0.3) is 10.9 Å². The van der Waals surface area contributed by atoms with E-state index in [0.717, 1.165) is 51.3 Å². The van der Waals surface area contributed by atoms with E-state index >= 15 is 0 Å². The molecule has 5 rings (SSSR count). The van der Waals surface area contributed by atoms with E-state index in [1.807, 2.05) is 37.2 Å². The summed E-state index contributed by atoms with van der Waals surface area (Å²) in [6.45, 7) is 0.130. The zero-order chi connectivity index (χ0) is 26.0. The number of hydrogen-bond acceptors (Lipinski definition) is 6. The van der Waals surface area contributed by atoms with Gasteiger partial charge in [0.2, 0.25) is 0 Å². The minimum absolute atomic E-state index is 0.00784. The van der Waals surface area contributed by atoms with Crippen molar-refractivity contribution in [3.63, 3.8) is 0 Å². The third kappa shape index (κ3) is 3.50. The van der Waals surface area contributed by atoms with Crippen LogP contribution in [0.1, 0.15) is 18.4 Å². The standard InChI is InChI=1S/C24H21F3N4O4S/c1-29(2)19-5-3-4-18-20(19)15(10-13-28-18)14-30-22(33)31(21(32)23(30)11-12-23)16-6-8-17(9-7-16)36(34,35)24(25,26)27/h3-10,13H,11-12,14H2,1-2H3. The molecule has 1 aliphatic heterocycles. The van der Waals surface area contributed by atoms with Crippen LogP contribution in [0.5, 0.6) is 0 Å². The molecule has 1 aliphatic carbocycles. The molecule has 1 spiro atoms. The van der Waals surface area contributed by atoms with Crippen molar-refractivity contribution in [1.29, 1.82) is 0 Å². The number of benzene rings is 2. The van der Waals surface area contributed by atoms with E-state index in [-0.39, 0.29) is 12.2 Å². The smallest absolute Gasteiger partial charge is 0.377 e. The SMILES string of the molecule is CN(C)c1cccc2nccc(CN3C(=O)N(c4ccc(S(=O)(=O)C(F)(F)F)cc4)C(=O)C34CC4)c12. The number of imide groups is 1. The highest BCUT2D eigenvalue weighted by Gasteiger charge is 2.65. The molecular formula is C24H21F3N4O4S. The van der Waals surface area contributed by atoms with Crippen LogP contribution >= 0.6 is 0 Å². The van der Waals surface area contributed by atoms with Gasteiger partial charge in [-0.2, -0.15) is 13.2 Å². The average molecular weight is 519 g/mol. The molecular weight excluding hydrogens is 497 g/mol. The fraction of sp³-hybridized carbons (Fsp3) is 0.292. The number of anilines is 2. The van der Waals surface area contributed by atoms with Gasteiger partial charge in [-0.1, -0.05) is 6.07 Å². The summed E-state index contributed by atoms with van der Waals surface area (Å²) >= 11 is 0. The number of aromatic nitrogens is 1. The Morgan fingerprint density at radius 3 is 2.28 bits per heavy atom. The zero-order valence-electron chi connectivity index (χ0n) is 19.3. The molecule has 0 unspecified atom stereocenters. The van der Waals surface area contributed by atoms with Crippen LogP contribution in [0.4, 0.5) is 29.3 Å². The van der Waals surface area contributed by atoms with Crippen molar-refractivity contribution in [2.24, 2.45) is 0 Å². The molecule has 0 atom stereocenters. The number of rotatable bonds is 5. The van der Waals surface area contributed by atoms with E-state index in [0.29, 0.717) is 12.8 Å². The third-order valence-corrected chi connectivity index (χ3v) is 8.12. The van der Waals surface area contributed by atoms with E-state index in [4.69, 9.17) is 0 Å². The second kappa shape index (κ2) is 7.92. The molecule has 3 aromatic rings. The zero-order valence-corrected chi connectivity index (χ0v) is 20.1. The summed E-state index contributed by atoms with van der Waals surface area (Å²) in [5.41, 5.74) is -4.05. The van der Waals surface area contributed by atoms with Crippen LogP contribution < -0.4 is 9.80 Å². The molecule has 0 radical (unpaired) electrons. The van der Waals surface area contributed by atoms with Gasteiger partial charge in [0.15, 0.2) is 0 Å². The van der Waals surface area contributed by atoms with Crippen molar-refractivity contribution >= 4 is 44.1 Å². The van der Waals surface area contributed by atoms with Crippen molar-refractivity contribution in [1.82, 2.24) is 9.88 Å². The number of hydrogen-bond donors (Lipinski definition) is 0. The number of fused-ring (bicyclic) bond motifs is 1. The maximum Gasteiger partial charge on any atom is 0.501 e. The summed E-state index contributed by atoms with van der Waals surface area (Å²) in [5.74, 6) is -0.481. The molecule has 0 bridgehead atoms. The molecule has 0 N–H and O–H groups in total. The third-order valence-electron chi connectivity index (χ3n) is 6.61. The topological polar surface area (TPSA) is 90.9 Å². The summed E-state index contributed by atoms with van der Waals surface area (Å²) in [6.07, 6.45) is 2.55. The molecule has 12 heteroatoms. The maximum atomic E-state index is 13.5. The normalized spacial score (nSPS) is 17.4. The largest absolute Gasteiger partial charge is 0.501 e. The monoisotopic (exact) mass is 518 g/mol. The van der Waals surface area contributed by atoms with Gasteiger partial charge in [0.25, 0.3) is 15.7 Å². The van der Waals surface area contributed by atoms with Gasteiger partial charge >= 0.3 is 11.5 Å². The minimum Gasteiger partial charge on any atom is -0.377 e. The molecule has 36 heavy (non-hydrogen) atoms. The summed E-state index contributed by atoms with van der Waals surface area (Å²) in [6, 6.07) is 10.4. The van der Waals surface area contributed by atoms with Crippen molar-refractivity contribution in [2.45, 2.75) is 35.3 Å². The van der Waals surface area contributed by atoms with E-state index < -0.39 is 37.7 Å². The van der Waals surface area contributed by atoms with Gasteiger partial charge < -0.3 is 9.80 Å². The van der Waals surface area contributed by atoms with Crippen LogP contribution in [-0.4, -0.2) is 55.4 Å². The first-order valence-electron chi connectivity index (χ1n) is 11.0. The first kappa shape index (κ1) is 24.0. The Labute approximate surface area is 204 Å². The van der Waals surface area contributed by atoms with Crippen molar-refractivity contribution in [3.05, 3.63) is 60.3 Å². The van der Waals surface area contributed by atoms with Crippen molar-refractivity contribution in [3.8, 4) is 0 Å². The molecule has 1 aromatic heterocycles. The van der Waals surface area contributed by atoms with Gasteiger partial charge in [-0.15, -0.1) is 0 Å². The molecule has 1 saturated carbocycles. The number of pyridine rings is 1. The van der Waals surface area contributed by atoms with Gasteiger partial charge in [0, 0.05) is 37.9 Å². The summed E-state index contributed by atoms with van der Waals surface area (Å²) in [7, 11) is -1.76. The summed E-state index contributed by atoms with van der Waals surface area (Å²) in [5, 5.41) is 0.848. The predicted octanol–water partition coefficient (Wildman–Crippen LogP) is 4.10. The number of nitrogens with zero attached hydrogens (tertiary/aromatic N) is 4. The van der Waals surface area contributed by atoms with Crippen LogP contribution in [0.15, 0.2) is 59.6 Å². The Hall–Kier alpha value is -3.67. The molecule has 3 amide bonds. The van der Waals surface area contributed by atoms with Crippen molar-refractivity contribution in [2.75, 3.05) is 23.9 Å². The van der Waals surface area contributed by atoms with Crippen LogP contribution in [0, 0.1) is 0 Å². The van der Waals surface area contributed by atoms with Crippen LogP contribution in [0.3, 0.4) is 0 Å². The molecule has 2 aliphatic rings. The van der Waals surface area contributed by atoms with Gasteiger partial charge in [0.1, 0.15) is 5.54 Å². The predicted molar refractivity (Wildman–Crippen MR) is 126 cm³/mol. The Bertz CT molecular complexity index is 1490. The van der Waals surface area contributed by atoms with E-state index in [9.17, 15) is 31.2 Å². The second-order valence-electron chi connectivity index (χ2n) is 9.02. The quantitative estimate of drug-likeness (QED) is 0.473. The second-order valence-corrected chi connectivity index (χ2v) is 11.0. The molecule has 2 fully saturated rings. The molecule has 2 aromatic carbocycles. The Kier molecular flexibility index (Phi) is 5.29. The Morgan fingerprint density at radius 2 is 1.69 bits per heavy atom. The Balaban J connectivity index is 1.51. The summed E-state index contributed by atoms with van der Waals surface area (Å²) < 4.78 is 62.0. The highest BCUT2D eigenvalue weighted by atomic mass is 32.2. The maximum absolute atomic E-state index is 13.5. The van der Waals surface area contributed by atoms with Gasteiger partial charge in [-0.05, 0) is 60.9 Å². The number of carbonyl (C=O) groups excluding carboxylic acids is 2. The fourth-order valence-electron chi connectivity index (χ4n) is 4.60. The molecule has 188 valence electrons. The lowest BCUT2D eigenvalue weighted by Gasteiger charge is -2.24. The van der Waals surface area contributed by atoms with Gasteiger partial charge in [-0.25, -0.2) is 18.1 Å². The number of amides is 3. The Morgan fingerprint density at radius 1 is 1.03 bits per heavy atom. The lowest BCUT2D eigenvalue weighted by Crippen LogP contribution is -2.36. The van der Waals surface area contributed by atoms with Crippen LogP contribution in [0.2, 0.25) is 0 Å². The molecule has 1 saturated heterocycles. The first-order chi connectivity index (χ1) is 16.9. The number of alkyl halides is 3. The van der Waals surface area contributed by atoms with Gasteiger partial charge in [-0.3, -0.25) is 9.78 Å². The van der Waals surface area contributed by atoms with Crippen molar-refractivity contribution < 1.29 is 31.2 Å². The highest BCUT2D eigenvalue weighted by Crippen LogP contribution is 2.50. The van der Waals surface area contributed by atoms with E-state index in [2.05, 4.69) is 4.98 Å². The lowest BCUT2D eigenvalue weighted by molar-refractivity contribution is -0.120. The van der Waals surface area contributed by atoms with Gasteiger partial charge in [0.05, 0.1) is 16.1 Å². The highest BCUT2D eigenvalue weighted by molar-refractivity contribution is 7.92. The summed E-state index contributed by atoms with van der Waals surface area (Å²) in [4.78, 5) is 34.6. The van der Waals surface area contributed by atoms with E-state index in [1.54, 1.807) is 12.3 Å². The minimum atomic E-state index is -5.55. The molecule has 2 heterocycles. The number of sulfone groups is 1. The number of carbonyl (C=O) groups is 2. The number of halogens is 3. The first-order valence-corrected chi connectivity index (χ1v) is 12.5. The lowest BCUT2D eigenvalue weighted by atomic mass is 10.1. The molecule has 8 nitrogen and oxygen atoms in total.